The predicted octanol–water partition coefficient (Wildman–Crippen LogP) is 7.81. The highest BCUT2D eigenvalue weighted by Crippen LogP contribution is 2.32. The van der Waals surface area contributed by atoms with E-state index < -0.39 is 0 Å². The minimum absolute atomic E-state index is 0.203. The van der Waals surface area contributed by atoms with Gasteiger partial charge in [-0.1, -0.05) is 94.4 Å². The Kier molecular flexibility index (Phi) is 10.7. The third kappa shape index (κ3) is 10.1. The van der Waals surface area contributed by atoms with Crippen LogP contribution in [0.5, 0.6) is 0 Å². The van der Waals surface area contributed by atoms with Crippen molar-refractivity contribution in [2.45, 2.75) is 52.1 Å². The fraction of sp³-hybridized carbons (Fsp3) is 0.419. The molecular formula is C31H43N3S. The van der Waals surface area contributed by atoms with E-state index >= 15 is 0 Å². The first-order valence-corrected chi connectivity index (χ1v) is 13.6. The Labute approximate surface area is 218 Å². The highest BCUT2D eigenvalue weighted by Gasteiger charge is 2.24. The van der Waals surface area contributed by atoms with Crippen molar-refractivity contribution in [1.82, 2.24) is 9.21 Å². The van der Waals surface area contributed by atoms with Crippen LogP contribution in [-0.2, 0) is 13.1 Å². The number of hydrogen-bond acceptors (Lipinski definition) is 4. The monoisotopic (exact) mass is 489 g/mol. The van der Waals surface area contributed by atoms with Crippen LogP contribution in [0.3, 0.4) is 0 Å². The number of rotatable bonds is 14. The highest BCUT2D eigenvalue weighted by atomic mass is 32.2. The van der Waals surface area contributed by atoms with Crippen molar-refractivity contribution < 1.29 is 0 Å². The maximum Gasteiger partial charge on any atom is 0.0349 e. The van der Waals surface area contributed by atoms with E-state index in [4.69, 9.17) is 0 Å². The Morgan fingerprint density at radius 3 is 1.97 bits per heavy atom. The third-order valence-corrected chi connectivity index (χ3v) is 7.13. The van der Waals surface area contributed by atoms with Gasteiger partial charge < -0.3 is 5.32 Å². The molecule has 0 bridgehead atoms. The quantitative estimate of drug-likeness (QED) is 0.233. The summed E-state index contributed by atoms with van der Waals surface area (Å²) in [6.07, 6.45) is 1.15. The van der Waals surface area contributed by atoms with Gasteiger partial charge in [-0.25, -0.2) is 4.31 Å². The standard InChI is InChI=1S/C31H43N3S/c1-26(2)22-34(35-30-18-12-17-29(21-30)32-5)25-31(3,4)19-20-33(23-27-13-8-6-9-14-27)24-28-15-10-7-11-16-28/h6-18,21,26,32H,19-20,22-25H2,1-5H3. The van der Waals surface area contributed by atoms with Crippen LogP contribution in [0.2, 0.25) is 0 Å². The number of nitrogens with one attached hydrogen (secondary N) is 1. The molecule has 1 N–H and O–H groups in total. The Hall–Kier alpha value is -2.27. The first-order chi connectivity index (χ1) is 16.8. The van der Waals surface area contributed by atoms with Gasteiger partial charge in [0.1, 0.15) is 0 Å². The van der Waals surface area contributed by atoms with Crippen molar-refractivity contribution in [2.75, 3.05) is 32.0 Å². The number of anilines is 1. The molecule has 3 aromatic rings. The van der Waals surface area contributed by atoms with Crippen molar-refractivity contribution >= 4 is 17.6 Å². The van der Waals surface area contributed by atoms with Crippen molar-refractivity contribution in [2.24, 2.45) is 11.3 Å². The van der Waals surface area contributed by atoms with Gasteiger partial charge in [0.05, 0.1) is 0 Å². The number of nitrogens with zero attached hydrogens (tertiary/aromatic N) is 2. The zero-order chi connectivity index (χ0) is 25.1. The second-order valence-corrected chi connectivity index (χ2v) is 11.9. The molecule has 4 heteroatoms. The van der Waals surface area contributed by atoms with Gasteiger partial charge in [0.25, 0.3) is 0 Å². The summed E-state index contributed by atoms with van der Waals surface area (Å²) in [5, 5.41) is 3.26. The molecule has 0 radical (unpaired) electrons. The molecule has 3 rings (SSSR count). The summed E-state index contributed by atoms with van der Waals surface area (Å²) in [5.74, 6) is 0.624. The molecule has 3 aromatic carbocycles. The fourth-order valence-corrected chi connectivity index (χ4v) is 5.72. The molecule has 35 heavy (non-hydrogen) atoms. The molecular weight excluding hydrogens is 446 g/mol. The maximum atomic E-state index is 3.26. The Bertz CT molecular complexity index is 947. The molecule has 0 unspecified atom stereocenters. The van der Waals surface area contributed by atoms with Gasteiger partial charge in [-0.15, -0.1) is 0 Å². The Morgan fingerprint density at radius 2 is 1.43 bits per heavy atom. The molecule has 0 heterocycles. The minimum Gasteiger partial charge on any atom is -0.388 e. The summed E-state index contributed by atoms with van der Waals surface area (Å²) < 4.78 is 2.57. The van der Waals surface area contributed by atoms with Crippen LogP contribution < -0.4 is 5.32 Å². The largest absolute Gasteiger partial charge is 0.388 e. The smallest absolute Gasteiger partial charge is 0.0349 e. The van der Waals surface area contributed by atoms with Crippen LogP contribution in [0.1, 0.15) is 45.2 Å². The lowest BCUT2D eigenvalue weighted by Crippen LogP contribution is -2.35. The lowest BCUT2D eigenvalue weighted by atomic mass is 9.88. The molecule has 0 aromatic heterocycles. The molecule has 0 spiro atoms. The van der Waals surface area contributed by atoms with Gasteiger partial charge in [0, 0.05) is 43.8 Å². The van der Waals surface area contributed by atoms with E-state index in [-0.39, 0.29) is 5.41 Å². The molecule has 0 aliphatic rings. The van der Waals surface area contributed by atoms with Gasteiger partial charge in [0.15, 0.2) is 0 Å². The second kappa shape index (κ2) is 13.7. The lowest BCUT2D eigenvalue weighted by molar-refractivity contribution is 0.180. The Morgan fingerprint density at radius 1 is 0.829 bits per heavy atom. The van der Waals surface area contributed by atoms with Crippen LogP contribution in [0.15, 0.2) is 89.8 Å². The average Bonchev–Trinajstić information content (AvgIpc) is 2.83. The summed E-state index contributed by atoms with van der Waals surface area (Å²) in [4.78, 5) is 3.89. The summed E-state index contributed by atoms with van der Waals surface area (Å²) in [7, 11) is 1.98. The van der Waals surface area contributed by atoms with Gasteiger partial charge in [-0.05, 0) is 65.6 Å². The van der Waals surface area contributed by atoms with E-state index in [1.165, 1.54) is 16.0 Å². The molecule has 188 valence electrons. The van der Waals surface area contributed by atoms with Gasteiger partial charge >= 0.3 is 0 Å². The van der Waals surface area contributed by atoms with E-state index in [2.05, 4.69) is 127 Å². The topological polar surface area (TPSA) is 18.5 Å². The molecule has 0 aliphatic carbocycles. The first kappa shape index (κ1) is 27.3. The van der Waals surface area contributed by atoms with Crippen LogP contribution in [0, 0.1) is 11.3 Å². The summed E-state index contributed by atoms with van der Waals surface area (Å²) in [5.41, 5.74) is 4.12. The molecule has 0 saturated heterocycles. The van der Waals surface area contributed by atoms with Crippen molar-refractivity contribution in [3.63, 3.8) is 0 Å². The third-order valence-electron chi connectivity index (χ3n) is 6.13. The maximum absolute atomic E-state index is 3.26. The van der Waals surface area contributed by atoms with E-state index in [1.807, 2.05) is 19.0 Å². The highest BCUT2D eigenvalue weighted by molar-refractivity contribution is 7.97. The van der Waals surface area contributed by atoms with Gasteiger partial charge in [-0.2, -0.15) is 0 Å². The Balaban J connectivity index is 1.66. The van der Waals surface area contributed by atoms with E-state index in [1.54, 1.807) is 0 Å². The number of hydrogen-bond donors (Lipinski definition) is 1. The zero-order valence-electron chi connectivity index (χ0n) is 22.2. The van der Waals surface area contributed by atoms with Crippen LogP contribution in [0.25, 0.3) is 0 Å². The lowest BCUT2D eigenvalue weighted by Gasteiger charge is -2.35. The van der Waals surface area contributed by atoms with E-state index in [0.29, 0.717) is 5.92 Å². The molecule has 0 atom stereocenters. The summed E-state index contributed by atoms with van der Waals surface area (Å²) in [6.45, 7) is 14.6. The molecule has 0 saturated carbocycles. The van der Waals surface area contributed by atoms with E-state index in [9.17, 15) is 0 Å². The SMILES string of the molecule is CNc1cccc(SN(CC(C)C)CC(C)(C)CCN(Cc2ccccc2)Cc2ccccc2)c1. The molecule has 0 fully saturated rings. The van der Waals surface area contributed by atoms with Crippen molar-refractivity contribution in [1.29, 1.82) is 0 Å². The van der Waals surface area contributed by atoms with Gasteiger partial charge in [-0.3, -0.25) is 4.90 Å². The first-order valence-electron chi connectivity index (χ1n) is 12.8. The fourth-order valence-electron chi connectivity index (χ4n) is 4.31. The summed E-state index contributed by atoms with van der Waals surface area (Å²) >= 11 is 1.89. The van der Waals surface area contributed by atoms with Crippen LogP contribution in [0.4, 0.5) is 5.69 Å². The second-order valence-electron chi connectivity index (χ2n) is 10.7. The van der Waals surface area contributed by atoms with Crippen LogP contribution >= 0.6 is 11.9 Å². The van der Waals surface area contributed by atoms with Crippen LogP contribution in [-0.4, -0.2) is 35.9 Å². The molecule has 0 amide bonds. The summed E-state index contributed by atoms with van der Waals surface area (Å²) in [6, 6.07) is 30.4. The van der Waals surface area contributed by atoms with Crippen molar-refractivity contribution in [3.8, 4) is 0 Å². The number of benzene rings is 3. The normalized spacial score (nSPS) is 12.0. The van der Waals surface area contributed by atoms with E-state index in [0.717, 1.165) is 44.8 Å². The minimum atomic E-state index is 0.203. The zero-order valence-corrected chi connectivity index (χ0v) is 23.0. The van der Waals surface area contributed by atoms with Gasteiger partial charge in [0.2, 0.25) is 0 Å². The van der Waals surface area contributed by atoms with Crippen molar-refractivity contribution in [3.05, 3.63) is 96.1 Å². The molecule has 3 nitrogen and oxygen atoms in total. The predicted molar refractivity (Wildman–Crippen MR) is 154 cm³/mol. The average molecular weight is 490 g/mol. The molecule has 0 aliphatic heterocycles.